The van der Waals surface area contributed by atoms with Crippen molar-refractivity contribution in [1.29, 1.82) is 0 Å². The Labute approximate surface area is 151 Å². The van der Waals surface area contributed by atoms with E-state index in [-0.39, 0.29) is 0 Å². The Hall–Kier alpha value is -1.84. The van der Waals surface area contributed by atoms with E-state index in [1.165, 1.54) is 36.0 Å². The van der Waals surface area contributed by atoms with E-state index in [4.69, 9.17) is 14.2 Å². The number of ether oxygens (including phenoxy) is 3. The first-order chi connectivity index (χ1) is 12.3. The van der Waals surface area contributed by atoms with E-state index in [1.54, 1.807) is 7.11 Å². The highest BCUT2D eigenvalue weighted by atomic mass is 16.5. The minimum Gasteiger partial charge on any atom is -0.494 e. The summed E-state index contributed by atoms with van der Waals surface area (Å²) in [6.07, 6.45) is 4.92. The number of unbranched alkanes of at least 4 members (excludes halogenated alkanes) is 3. The Morgan fingerprint density at radius 3 is 2.04 bits per heavy atom. The van der Waals surface area contributed by atoms with Crippen LogP contribution in [0.5, 0.6) is 5.75 Å². The summed E-state index contributed by atoms with van der Waals surface area (Å²) in [5.41, 5.74) is 3.58. The lowest BCUT2D eigenvalue weighted by Gasteiger charge is -2.08. The molecule has 0 amide bonds. The van der Waals surface area contributed by atoms with Gasteiger partial charge in [-0.25, -0.2) is 0 Å². The smallest absolute Gasteiger partial charge is 0.119 e. The van der Waals surface area contributed by atoms with Gasteiger partial charge in [0.05, 0.1) is 26.4 Å². The Morgan fingerprint density at radius 1 is 0.720 bits per heavy atom. The second-order valence-corrected chi connectivity index (χ2v) is 6.18. The molecule has 0 N–H and O–H groups in total. The van der Waals surface area contributed by atoms with Gasteiger partial charge in [0.25, 0.3) is 0 Å². The summed E-state index contributed by atoms with van der Waals surface area (Å²) in [7, 11) is 1.68. The summed E-state index contributed by atoms with van der Waals surface area (Å²) >= 11 is 0. The van der Waals surface area contributed by atoms with E-state index in [9.17, 15) is 0 Å². The van der Waals surface area contributed by atoms with E-state index >= 15 is 0 Å². The van der Waals surface area contributed by atoms with Gasteiger partial charge in [-0.05, 0) is 35.2 Å². The fourth-order valence-corrected chi connectivity index (χ4v) is 2.59. The summed E-state index contributed by atoms with van der Waals surface area (Å²) in [6.45, 7) is 4.90. The highest BCUT2D eigenvalue weighted by Crippen LogP contribution is 2.23. The van der Waals surface area contributed by atoms with Gasteiger partial charge in [-0.2, -0.15) is 0 Å². The molecule has 2 rings (SSSR count). The number of hydrogen-bond donors (Lipinski definition) is 0. The van der Waals surface area contributed by atoms with Gasteiger partial charge in [0.15, 0.2) is 0 Å². The third-order valence-corrected chi connectivity index (χ3v) is 4.11. The lowest BCUT2D eigenvalue weighted by Crippen LogP contribution is -2.01. The molecule has 0 atom stereocenters. The van der Waals surface area contributed by atoms with Crippen LogP contribution in [0.25, 0.3) is 11.1 Å². The quantitative estimate of drug-likeness (QED) is 0.478. The van der Waals surface area contributed by atoms with Gasteiger partial charge in [0.2, 0.25) is 0 Å². The Balaban J connectivity index is 1.80. The Kier molecular flexibility index (Phi) is 9.09. The van der Waals surface area contributed by atoms with Crippen LogP contribution in [-0.2, 0) is 16.1 Å². The molecular weight excluding hydrogens is 312 g/mol. The van der Waals surface area contributed by atoms with Crippen molar-refractivity contribution >= 4 is 0 Å². The molecule has 2 aromatic carbocycles. The van der Waals surface area contributed by atoms with Crippen LogP contribution in [0.15, 0.2) is 48.5 Å². The number of benzene rings is 2. The first-order valence-electron chi connectivity index (χ1n) is 9.22. The molecule has 0 unspecified atom stereocenters. The molecule has 0 spiro atoms. The van der Waals surface area contributed by atoms with Crippen molar-refractivity contribution in [1.82, 2.24) is 0 Å². The van der Waals surface area contributed by atoms with Crippen LogP contribution in [0.2, 0.25) is 0 Å². The van der Waals surface area contributed by atoms with E-state index in [0.717, 1.165) is 18.8 Å². The largest absolute Gasteiger partial charge is 0.494 e. The SMILES string of the molecule is CCCCCCOc1ccc(-c2ccc(COCCOC)cc2)cc1. The highest BCUT2D eigenvalue weighted by Gasteiger charge is 2.00. The zero-order valence-electron chi connectivity index (χ0n) is 15.5. The monoisotopic (exact) mass is 342 g/mol. The zero-order chi connectivity index (χ0) is 17.7. The molecule has 0 saturated heterocycles. The predicted octanol–water partition coefficient (Wildman–Crippen LogP) is 5.48. The zero-order valence-corrected chi connectivity index (χ0v) is 15.5. The summed E-state index contributed by atoms with van der Waals surface area (Å²) in [5, 5.41) is 0. The van der Waals surface area contributed by atoms with Gasteiger partial charge in [0, 0.05) is 7.11 Å². The van der Waals surface area contributed by atoms with Crippen molar-refractivity contribution in [3.8, 4) is 16.9 Å². The fraction of sp³-hybridized carbons (Fsp3) is 0.455. The van der Waals surface area contributed by atoms with Gasteiger partial charge in [0.1, 0.15) is 5.75 Å². The summed E-state index contributed by atoms with van der Waals surface area (Å²) in [6, 6.07) is 16.8. The molecule has 0 heterocycles. The average Bonchev–Trinajstić information content (AvgIpc) is 2.66. The van der Waals surface area contributed by atoms with E-state index < -0.39 is 0 Å². The fourth-order valence-electron chi connectivity index (χ4n) is 2.59. The lowest BCUT2D eigenvalue weighted by atomic mass is 10.0. The lowest BCUT2D eigenvalue weighted by molar-refractivity contribution is 0.0617. The maximum absolute atomic E-state index is 5.80. The van der Waals surface area contributed by atoms with Crippen molar-refractivity contribution < 1.29 is 14.2 Å². The van der Waals surface area contributed by atoms with Crippen LogP contribution in [0.4, 0.5) is 0 Å². The molecular formula is C22H30O3. The second-order valence-electron chi connectivity index (χ2n) is 6.18. The molecule has 25 heavy (non-hydrogen) atoms. The van der Waals surface area contributed by atoms with Crippen molar-refractivity contribution in [3.05, 3.63) is 54.1 Å². The number of methoxy groups -OCH3 is 1. The van der Waals surface area contributed by atoms with Gasteiger partial charge in [-0.3, -0.25) is 0 Å². The van der Waals surface area contributed by atoms with Crippen molar-refractivity contribution in [2.24, 2.45) is 0 Å². The minimum absolute atomic E-state index is 0.619. The third-order valence-electron chi connectivity index (χ3n) is 4.11. The second kappa shape index (κ2) is 11.7. The summed E-state index contributed by atoms with van der Waals surface area (Å²) in [4.78, 5) is 0. The normalized spacial score (nSPS) is 10.8. The maximum Gasteiger partial charge on any atom is 0.119 e. The van der Waals surface area contributed by atoms with E-state index in [2.05, 4.69) is 55.5 Å². The van der Waals surface area contributed by atoms with Gasteiger partial charge >= 0.3 is 0 Å². The summed E-state index contributed by atoms with van der Waals surface area (Å²) < 4.78 is 16.3. The first-order valence-corrected chi connectivity index (χ1v) is 9.22. The molecule has 136 valence electrons. The van der Waals surface area contributed by atoms with Crippen LogP contribution in [0.3, 0.4) is 0 Å². The van der Waals surface area contributed by atoms with Gasteiger partial charge in [-0.1, -0.05) is 62.6 Å². The van der Waals surface area contributed by atoms with Gasteiger partial charge < -0.3 is 14.2 Å². The number of rotatable bonds is 12. The van der Waals surface area contributed by atoms with Crippen molar-refractivity contribution in [3.63, 3.8) is 0 Å². The predicted molar refractivity (Wildman–Crippen MR) is 103 cm³/mol. The van der Waals surface area contributed by atoms with Crippen molar-refractivity contribution in [2.75, 3.05) is 26.9 Å². The molecule has 0 fully saturated rings. The Morgan fingerprint density at radius 2 is 1.40 bits per heavy atom. The molecule has 0 radical (unpaired) electrons. The van der Waals surface area contributed by atoms with Crippen molar-refractivity contribution in [2.45, 2.75) is 39.2 Å². The van der Waals surface area contributed by atoms with E-state index in [1.807, 2.05) is 0 Å². The highest BCUT2D eigenvalue weighted by molar-refractivity contribution is 5.64. The molecule has 0 aliphatic rings. The maximum atomic E-state index is 5.80. The Bertz CT molecular complexity index is 575. The average molecular weight is 342 g/mol. The standard InChI is InChI=1S/C22H30O3/c1-3-4-5-6-15-25-22-13-11-21(12-14-22)20-9-7-19(8-10-20)18-24-17-16-23-2/h7-14H,3-6,15-18H2,1-2H3. The van der Waals surface area contributed by atoms with Crippen LogP contribution in [0, 0.1) is 0 Å². The molecule has 2 aromatic rings. The topological polar surface area (TPSA) is 27.7 Å². The van der Waals surface area contributed by atoms with E-state index in [0.29, 0.717) is 19.8 Å². The summed E-state index contributed by atoms with van der Waals surface area (Å²) in [5.74, 6) is 0.948. The van der Waals surface area contributed by atoms with Crippen LogP contribution in [-0.4, -0.2) is 26.9 Å². The minimum atomic E-state index is 0.619. The molecule has 3 heteroatoms. The molecule has 3 nitrogen and oxygen atoms in total. The molecule has 0 saturated carbocycles. The van der Waals surface area contributed by atoms with Crippen LogP contribution in [0.1, 0.15) is 38.2 Å². The molecule has 0 aromatic heterocycles. The van der Waals surface area contributed by atoms with Crippen LogP contribution >= 0.6 is 0 Å². The third kappa shape index (κ3) is 7.29. The van der Waals surface area contributed by atoms with Crippen LogP contribution < -0.4 is 4.74 Å². The number of hydrogen-bond acceptors (Lipinski definition) is 3. The molecule has 0 aliphatic heterocycles. The molecule has 0 aliphatic carbocycles. The molecule has 0 bridgehead atoms. The first kappa shape index (κ1) is 19.5. The van der Waals surface area contributed by atoms with Gasteiger partial charge in [-0.15, -0.1) is 0 Å².